The summed E-state index contributed by atoms with van der Waals surface area (Å²) in [4.78, 5) is 13.7. The first kappa shape index (κ1) is 13.2. The Morgan fingerprint density at radius 2 is 2.47 bits per heavy atom. The number of nitrogens with one attached hydrogen (secondary N) is 2. The van der Waals surface area contributed by atoms with Gasteiger partial charge in [0.15, 0.2) is 5.82 Å². The maximum Gasteiger partial charge on any atom is 0.274 e. The van der Waals surface area contributed by atoms with Crippen molar-refractivity contribution in [1.29, 1.82) is 0 Å². The molecular weight excluding hydrogens is 244 g/mol. The van der Waals surface area contributed by atoms with Crippen molar-refractivity contribution in [3.05, 3.63) is 51.2 Å². The Kier molecular flexibility index (Phi) is 5.22. The summed E-state index contributed by atoms with van der Waals surface area (Å²) in [6.07, 6.45) is 3.14. The molecule has 0 saturated heterocycles. The molecule has 1 rings (SSSR count). The van der Waals surface area contributed by atoms with Gasteiger partial charge in [0.25, 0.3) is 6.20 Å². The fourth-order valence-electron chi connectivity index (χ4n) is 1.24. The molecule has 0 aliphatic rings. The predicted octanol–water partition coefficient (Wildman–Crippen LogP) is 1.16. The zero-order chi connectivity index (χ0) is 12.7. The third kappa shape index (κ3) is 4.69. The quantitative estimate of drug-likeness (QED) is 0.454. The van der Waals surface area contributed by atoms with E-state index in [1.54, 1.807) is 19.3 Å². The summed E-state index contributed by atoms with van der Waals surface area (Å²) in [6.45, 7) is 0.534. The lowest BCUT2D eigenvalue weighted by Crippen LogP contribution is -2.26. The van der Waals surface area contributed by atoms with Gasteiger partial charge in [-0.3, -0.25) is 10.1 Å². The molecule has 0 spiro atoms. The molecule has 1 aromatic heterocycles. The monoisotopic (exact) mass is 256 g/mol. The number of nitro groups is 1. The lowest BCUT2D eigenvalue weighted by molar-refractivity contribution is -0.404. The SMILES string of the molecule is CN/C(=C\[N+](=O)[O-])NCCc1cccnc1Cl. The minimum Gasteiger partial charge on any atom is -0.370 e. The highest BCUT2D eigenvalue weighted by atomic mass is 35.5. The first-order valence-electron chi connectivity index (χ1n) is 5.00. The van der Waals surface area contributed by atoms with Crippen molar-refractivity contribution in [2.75, 3.05) is 13.6 Å². The van der Waals surface area contributed by atoms with Crippen LogP contribution in [-0.2, 0) is 6.42 Å². The van der Waals surface area contributed by atoms with Gasteiger partial charge in [-0.15, -0.1) is 0 Å². The molecule has 0 aromatic carbocycles. The van der Waals surface area contributed by atoms with Crippen LogP contribution in [0.4, 0.5) is 0 Å². The molecule has 0 saturated carbocycles. The molecule has 1 aromatic rings. The Hall–Kier alpha value is -1.82. The van der Waals surface area contributed by atoms with Gasteiger partial charge in [-0.05, 0) is 18.1 Å². The molecule has 0 amide bonds. The zero-order valence-corrected chi connectivity index (χ0v) is 10.1. The molecule has 0 bridgehead atoms. The molecule has 0 fully saturated rings. The van der Waals surface area contributed by atoms with E-state index in [1.165, 1.54) is 0 Å². The molecule has 2 N–H and O–H groups in total. The van der Waals surface area contributed by atoms with E-state index in [4.69, 9.17) is 11.6 Å². The molecular formula is C10H13ClN4O2. The molecule has 6 nitrogen and oxygen atoms in total. The number of halogens is 1. The van der Waals surface area contributed by atoms with E-state index in [9.17, 15) is 10.1 Å². The minimum absolute atomic E-state index is 0.356. The van der Waals surface area contributed by atoms with Gasteiger partial charge in [0.2, 0.25) is 0 Å². The molecule has 7 heteroatoms. The Morgan fingerprint density at radius 3 is 3.06 bits per heavy atom. The smallest absolute Gasteiger partial charge is 0.274 e. The van der Waals surface area contributed by atoms with Gasteiger partial charge in [-0.25, -0.2) is 4.98 Å². The highest BCUT2D eigenvalue weighted by Gasteiger charge is 2.02. The van der Waals surface area contributed by atoms with E-state index in [1.807, 2.05) is 6.07 Å². The third-order valence-corrected chi connectivity index (χ3v) is 2.39. The van der Waals surface area contributed by atoms with Crippen LogP contribution in [0.5, 0.6) is 0 Å². The molecule has 0 unspecified atom stereocenters. The summed E-state index contributed by atoms with van der Waals surface area (Å²) >= 11 is 5.88. The number of rotatable bonds is 6. The lowest BCUT2D eigenvalue weighted by Gasteiger charge is -2.08. The van der Waals surface area contributed by atoms with Gasteiger partial charge in [0.1, 0.15) is 5.15 Å². The van der Waals surface area contributed by atoms with Gasteiger partial charge >= 0.3 is 0 Å². The number of aromatic nitrogens is 1. The second kappa shape index (κ2) is 6.70. The molecule has 17 heavy (non-hydrogen) atoms. The first-order valence-corrected chi connectivity index (χ1v) is 5.37. The van der Waals surface area contributed by atoms with E-state index in [-0.39, 0.29) is 0 Å². The fourth-order valence-corrected chi connectivity index (χ4v) is 1.46. The number of pyridine rings is 1. The lowest BCUT2D eigenvalue weighted by atomic mass is 10.2. The highest BCUT2D eigenvalue weighted by Crippen LogP contribution is 2.11. The standard InChI is InChI=1S/C10H13ClN4O2/c1-12-9(7-15(16)17)13-6-4-8-3-2-5-14-10(8)11/h2-3,5,7,12-13H,4,6H2,1H3/b9-7+. The summed E-state index contributed by atoms with van der Waals surface area (Å²) in [6, 6.07) is 3.67. The van der Waals surface area contributed by atoms with E-state index in [0.717, 1.165) is 11.8 Å². The second-order valence-electron chi connectivity index (χ2n) is 3.21. The Labute approximate surface area is 104 Å². The first-order chi connectivity index (χ1) is 8.13. The van der Waals surface area contributed by atoms with E-state index < -0.39 is 4.92 Å². The molecule has 0 atom stereocenters. The van der Waals surface area contributed by atoms with Crippen molar-refractivity contribution in [2.45, 2.75) is 6.42 Å². The van der Waals surface area contributed by atoms with Crippen molar-refractivity contribution in [3.63, 3.8) is 0 Å². The van der Waals surface area contributed by atoms with Crippen molar-refractivity contribution >= 4 is 11.6 Å². The fraction of sp³-hybridized carbons (Fsp3) is 0.300. The van der Waals surface area contributed by atoms with Crippen LogP contribution in [0.15, 0.2) is 30.4 Å². The third-order valence-electron chi connectivity index (χ3n) is 2.05. The summed E-state index contributed by atoms with van der Waals surface area (Å²) in [5, 5.41) is 16.3. The van der Waals surface area contributed by atoms with Crippen molar-refractivity contribution in [3.8, 4) is 0 Å². The van der Waals surface area contributed by atoms with E-state index >= 15 is 0 Å². The van der Waals surface area contributed by atoms with Crippen molar-refractivity contribution < 1.29 is 4.92 Å². The molecule has 92 valence electrons. The van der Waals surface area contributed by atoms with Crippen LogP contribution in [0.2, 0.25) is 5.15 Å². The van der Waals surface area contributed by atoms with Crippen LogP contribution >= 0.6 is 11.6 Å². The molecule has 0 aliphatic heterocycles. The molecule has 1 heterocycles. The largest absolute Gasteiger partial charge is 0.370 e. The van der Waals surface area contributed by atoms with Crippen LogP contribution < -0.4 is 10.6 Å². The predicted molar refractivity (Wildman–Crippen MR) is 65.1 cm³/mol. The minimum atomic E-state index is -0.518. The molecule has 0 aliphatic carbocycles. The number of nitrogens with zero attached hydrogens (tertiary/aromatic N) is 2. The van der Waals surface area contributed by atoms with Crippen LogP contribution in [0.1, 0.15) is 5.56 Å². The summed E-state index contributed by atoms with van der Waals surface area (Å²) in [7, 11) is 1.61. The maximum absolute atomic E-state index is 10.3. The topological polar surface area (TPSA) is 80.1 Å². The van der Waals surface area contributed by atoms with Crippen LogP contribution in [0, 0.1) is 10.1 Å². The Morgan fingerprint density at radius 1 is 1.71 bits per heavy atom. The summed E-state index contributed by atoms with van der Waals surface area (Å²) < 4.78 is 0. The maximum atomic E-state index is 10.3. The average molecular weight is 257 g/mol. The second-order valence-corrected chi connectivity index (χ2v) is 3.57. The Balaban J connectivity index is 2.47. The number of hydrogen-bond donors (Lipinski definition) is 2. The van der Waals surface area contributed by atoms with Gasteiger partial charge in [0, 0.05) is 19.8 Å². The summed E-state index contributed by atoms with van der Waals surface area (Å²) in [5.74, 6) is 0.356. The van der Waals surface area contributed by atoms with Crippen LogP contribution in [0.25, 0.3) is 0 Å². The molecule has 0 radical (unpaired) electrons. The van der Waals surface area contributed by atoms with Crippen LogP contribution in [0.3, 0.4) is 0 Å². The average Bonchev–Trinajstić information content (AvgIpc) is 2.29. The van der Waals surface area contributed by atoms with E-state index in [2.05, 4.69) is 15.6 Å². The highest BCUT2D eigenvalue weighted by molar-refractivity contribution is 6.30. The van der Waals surface area contributed by atoms with Crippen LogP contribution in [-0.4, -0.2) is 23.5 Å². The van der Waals surface area contributed by atoms with E-state index in [0.29, 0.717) is 23.9 Å². The van der Waals surface area contributed by atoms with Gasteiger partial charge in [0.05, 0.1) is 4.92 Å². The Bertz CT molecular complexity index is 423. The normalized spacial score (nSPS) is 11.1. The zero-order valence-electron chi connectivity index (χ0n) is 9.31. The van der Waals surface area contributed by atoms with Gasteiger partial charge in [-0.2, -0.15) is 0 Å². The summed E-state index contributed by atoms with van der Waals surface area (Å²) in [5.41, 5.74) is 0.901. The number of hydrogen-bond acceptors (Lipinski definition) is 5. The van der Waals surface area contributed by atoms with Crippen molar-refractivity contribution in [2.24, 2.45) is 0 Å². The van der Waals surface area contributed by atoms with Crippen molar-refractivity contribution in [1.82, 2.24) is 15.6 Å². The van der Waals surface area contributed by atoms with Gasteiger partial charge < -0.3 is 10.6 Å². The van der Waals surface area contributed by atoms with Gasteiger partial charge in [-0.1, -0.05) is 17.7 Å².